The van der Waals surface area contributed by atoms with E-state index in [1.54, 1.807) is 30.2 Å². The molecule has 0 radical (unpaired) electrons. The molecule has 2 aromatic heterocycles. The molecule has 0 bridgehead atoms. The lowest BCUT2D eigenvalue weighted by Crippen LogP contribution is -2.31. The number of aromatic nitrogens is 3. The Morgan fingerprint density at radius 2 is 2.10 bits per heavy atom. The van der Waals surface area contributed by atoms with Gasteiger partial charge in [0, 0.05) is 18.8 Å². The predicted octanol–water partition coefficient (Wildman–Crippen LogP) is 2.76. The van der Waals surface area contributed by atoms with Gasteiger partial charge in [0.2, 0.25) is 11.8 Å². The lowest BCUT2D eigenvalue weighted by Gasteiger charge is -2.24. The minimum absolute atomic E-state index is 0.00778. The Kier molecular flexibility index (Phi) is 5.00. The molecule has 0 saturated heterocycles. The van der Waals surface area contributed by atoms with Gasteiger partial charge in [-0.05, 0) is 20.8 Å². The first kappa shape index (κ1) is 16.0. The fraction of sp³-hybridized carbons (Fsp3) is 0.538. The first-order valence-corrected chi connectivity index (χ1v) is 8.31. The maximum absolute atomic E-state index is 12.2. The lowest BCUT2D eigenvalue weighted by atomic mass is 10.2. The number of hydrogen-bond acceptors (Lipinski definition) is 7. The fourth-order valence-corrected chi connectivity index (χ4v) is 3.53. The summed E-state index contributed by atoms with van der Waals surface area (Å²) in [4.78, 5) is 19.6. The van der Waals surface area contributed by atoms with Gasteiger partial charge in [-0.3, -0.25) is 4.79 Å². The predicted molar refractivity (Wildman–Crippen MR) is 82.5 cm³/mol. The van der Waals surface area contributed by atoms with Crippen molar-refractivity contribution in [3.05, 3.63) is 21.5 Å². The molecule has 8 heteroatoms. The average molecular weight is 326 g/mol. The van der Waals surface area contributed by atoms with Gasteiger partial charge in [0.15, 0.2) is 0 Å². The van der Waals surface area contributed by atoms with E-state index < -0.39 is 0 Å². The number of aryl methyl sites for hydroxylation is 3. The fourth-order valence-electron chi connectivity index (χ4n) is 1.89. The quantitative estimate of drug-likeness (QED) is 0.787. The van der Waals surface area contributed by atoms with Crippen LogP contribution in [0.3, 0.4) is 0 Å². The Labute approximate surface area is 132 Å². The van der Waals surface area contributed by atoms with Crippen molar-refractivity contribution >= 4 is 29.0 Å². The summed E-state index contributed by atoms with van der Waals surface area (Å²) in [5.74, 6) is 0.777. The lowest BCUT2D eigenvalue weighted by molar-refractivity contribution is -0.129. The first-order chi connectivity index (χ1) is 9.88. The number of carbonyl (C=O) groups excluding carboxylic acids is 1. The Morgan fingerprint density at radius 3 is 2.62 bits per heavy atom. The van der Waals surface area contributed by atoms with Crippen molar-refractivity contribution in [1.82, 2.24) is 20.1 Å². The molecule has 1 amide bonds. The molecule has 0 fully saturated rings. The summed E-state index contributed by atoms with van der Waals surface area (Å²) in [6.07, 6.45) is 0. The third kappa shape index (κ3) is 3.82. The maximum atomic E-state index is 12.2. The second kappa shape index (κ2) is 6.57. The van der Waals surface area contributed by atoms with Crippen molar-refractivity contribution in [2.24, 2.45) is 0 Å². The van der Waals surface area contributed by atoms with Crippen LogP contribution < -0.4 is 0 Å². The van der Waals surface area contributed by atoms with Crippen LogP contribution in [0.25, 0.3) is 0 Å². The van der Waals surface area contributed by atoms with Crippen LogP contribution >= 0.6 is 23.1 Å². The zero-order chi connectivity index (χ0) is 15.6. The molecule has 0 aromatic carbocycles. The highest BCUT2D eigenvalue weighted by Crippen LogP contribution is 2.27. The van der Waals surface area contributed by atoms with Crippen LogP contribution in [0.4, 0.5) is 0 Å². The minimum atomic E-state index is -0.0486. The van der Waals surface area contributed by atoms with Gasteiger partial charge in [-0.1, -0.05) is 11.8 Å². The molecule has 2 rings (SSSR count). The molecule has 0 saturated carbocycles. The largest absolute Gasteiger partial charge is 0.416 e. The number of nitrogens with zero attached hydrogens (tertiary/aromatic N) is 4. The first-order valence-electron chi connectivity index (χ1n) is 6.51. The molecular weight excluding hydrogens is 308 g/mol. The number of thioether (sulfide) groups is 1. The molecule has 2 heterocycles. The third-order valence-corrected chi connectivity index (χ3v) is 4.84. The molecule has 2 aromatic rings. The van der Waals surface area contributed by atoms with Crippen molar-refractivity contribution in [2.45, 2.75) is 39.0 Å². The van der Waals surface area contributed by atoms with E-state index in [0.29, 0.717) is 11.1 Å². The molecule has 21 heavy (non-hydrogen) atoms. The van der Waals surface area contributed by atoms with E-state index in [4.69, 9.17) is 4.42 Å². The van der Waals surface area contributed by atoms with Gasteiger partial charge in [0.05, 0.1) is 22.5 Å². The topological polar surface area (TPSA) is 72.1 Å². The minimum Gasteiger partial charge on any atom is -0.416 e. The van der Waals surface area contributed by atoms with E-state index in [-0.39, 0.29) is 17.7 Å². The standard InChI is InChI=1S/C13H18N4O2S2/c1-7(12-8(2)21-10(4)14-12)17(5)11(18)6-20-13-16-15-9(3)19-13/h7H,6H2,1-5H3. The van der Waals surface area contributed by atoms with Crippen molar-refractivity contribution in [3.63, 3.8) is 0 Å². The van der Waals surface area contributed by atoms with E-state index in [9.17, 15) is 4.79 Å². The normalized spacial score (nSPS) is 12.4. The molecule has 114 valence electrons. The second-order valence-electron chi connectivity index (χ2n) is 4.73. The number of thiazole rings is 1. The Hall–Kier alpha value is -1.41. The van der Waals surface area contributed by atoms with E-state index in [0.717, 1.165) is 15.6 Å². The summed E-state index contributed by atoms with van der Waals surface area (Å²) in [6.45, 7) is 7.72. The van der Waals surface area contributed by atoms with Gasteiger partial charge in [0.25, 0.3) is 5.22 Å². The number of amides is 1. The summed E-state index contributed by atoms with van der Waals surface area (Å²) in [6, 6.07) is -0.0486. The highest BCUT2D eigenvalue weighted by atomic mass is 32.2. The molecular formula is C13H18N4O2S2. The van der Waals surface area contributed by atoms with Gasteiger partial charge >= 0.3 is 0 Å². The number of rotatable bonds is 5. The number of carbonyl (C=O) groups is 1. The van der Waals surface area contributed by atoms with Crippen molar-refractivity contribution in [1.29, 1.82) is 0 Å². The van der Waals surface area contributed by atoms with Gasteiger partial charge in [-0.2, -0.15) is 0 Å². The van der Waals surface area contributed by atoms with Crippen LogP contribution in [0.5, 0.6) is 0 Å². The molecule has 0 N–H and O–H groups in total. The smallest absolute Gasteiger partial charge is 0.277 e. The highest BCUT2D eigenvalue weighted by Gasteiger charge is 2.22. The van der Waals surface area contributed by atoms with Crippen LogP contribution in [0.1, 0.15) is 34.4 Å². The van der Waals surface area contributed by atoms with Gasteiger partial charge < -0.3 is 9.32 Å². The SMILES string of the molecule is Cc1nnc(SCC(=O)N(C)C(C)c2nc(C)sc2C)o1. The summed E-state index contributed by atoms with van der Waals surface area (Å²) in [5.41, 5.74) is 0.965. The summed E-state index contributed by atoms with van der Waals surface area (Å²) in [7, 11) is 1.79. The Balaban J connectivity index is 1.96. The van der Waals surface area contributed by atoms with Crippen LogP contribution in [0.2, 0.25) is 0 Å². The zero-order valence-corrected chi connectivity index (χ0v) is 14.3. The van der Waals surface area contributed by atoms with Gasteiger partial charge in [-0.25, -0.2) is 4.98 Å². The second-order valence-corrected chi connectivity index (χ2v) is 7.06. The van der Waals surface area contributed by atoms with Crippen molar-refractivity contribution in [3.8, 4) is 0 Å². The summed E-state index contributed by atoms with van der Waals surface area (Å²) < 4.78 is 5.24. The average Bonchev–Trinajstić information content (AvgIpc) is 3.00. The van der Waals surface area contributed by atoms with Crippen molar-refractivity contribution < 1.29 is 9.21 Å². The van der Waals surface area contributed by atoms with Gasteiger partial charge in [0.1, 0.15) is 0 Å². The Bertz CT molecular complexity index is 638. The van der Waals surface area contributed by atoms with Crippen LogP contribution in [0.15, 0.2) is 9.64 Å². The summed E-state index contributed by atoms with van der Waals surface area (Å²) >= 11 is 2.90. The van der Waals surface area contributed by atoms with Crippen molar-refractivity contribution in [2.75, 3.05) is 12.8 Å². The molecule has 0 aliphatic heterocycles. The van der Waals surface area contributed by atoms with Crippen LogP contribution in [0, 0.1) is 20.8 Å². The molecule has 0 aliphatic rings. The zero-order valence-electron chi connectivity index (χ0n) is 12.7. The maximum Gasteiger partial charge on any atom is 0.277 e. The van der Waals surface area contributed by atoms with Crippen LogP contribution in [-0.4, -0.2) is 38.8 Å². The molecule has 1 unspecified atom stereocenters. The Morgan fingerprint density at radius 1 is 1.38 bits per heavy atom. The van der Waals surface area contributed by atoms with E-state index in [2.05, 4.69) is 15.2 Å². The van der Waals surface area contributed by atoms with Gasteiger partial charge in [-0.15, -0.1) is 21.5 Å². The number of hydrogen-bond donors (Lipinski definition) is 0. The monoisotopic (exact) mass is 326 g/mol. The molecule has 6 nitrogen and oxygen atoms in total. The highest BCUT2D eigenvalue weighted by molar-refractivity contribution is 7.99. The van der Waals surface area contributed by atoms with Crippen LogP contribution in [-0.2, 0) is 4.79 Å². The molecule has 1 atom stereocenters. The molecule has 0 aliphatic carbocycles. The third-order valence-electron chi connectivity index (χ3n) is 3.14. The van der Waals surface area contributed by atoms with E-state index >= 15 is 0 Å². The summed E-state index contributed by atoms with van der Waals surface area (Å²) in [5, 5.41) is 9.04. The van der Waals surface area contributed by atoms with E-state index in [1.807, 2.05) is 20.8 Å². The van der Waals surface area contributed by atoms with E-state index in [1.165, 1.54) is 11.8 Å². The molecule has 0 spiro atoms.